The Balaban J connectivity index is 3.61. The van der Waals surface area contributed by atoms with Crippen LogP contribution in [-0.4, -0.2) is 48.7 Å². The van der Waals surface area contributed by atoms with Gasteiger partial charge in [0.15, 0.2) is 0 Å². The summed E-state index contributed by atoms with van der Waals surface area (Å²) in [6.45, 7) is -0.101. The third-order valence-electron chi connectivity index (χ3n) is 1.57. The fraction of sp³-hybridized carbons (Fsp3) is 0.750. The van der Waals surface area contributed by atoms with Crippen LogP contribution in [-0.2, 0) is 19.1 Å². The number of rotatable bonds is 7. The van der Waals surface area contributed by atoms with Crippen LogP contribution >= 0.6 is 25.3 Å². The van der Waals surface area contributed by atoms with Gasteiger partial charge in [0.25, 0.3) is 0 Å². The first-order valence-electron chi connectivity index (χ1n) is 4.59. The van der Waals surface area contributed by atoms with Crippen LogP contribution < -0.4 is 11.5 Å². The van der Waals surface area contributed by atoms with Crippen molar-refractivity contribution in [3.05, 3.63) is 0 Å². The molecule has 0 bridgehead atoms. The largest absolute Gasteiger partial charge is 0.461 e. The molecule has 0 fully saturated rings. The van der Waals surface area contributed by atoms with Crippen molar-refractivity contribution in [2.75, 3.05) is 24.7 Å². The second-order valence-electron chi connectivity index (χ2n) is 2.91. The highest BCUT2D eigenvalue weighted by molar-refractivity contribution is 7.80. The van der Waals surface area contributed by atoms with Crippen LogP contribution in [0.4, 0.5) is 0 Å². The molecule has 6 nitrogen and oxygen atoms in total. The Kier molecular flexibility index (Phi) is 8.44. The summed E-state index contributed by atoms with van der Waals surface area (Å²) >= 11 is 7.67. The molecule has 16 heavy (non-hydrogen) atoms. The maximum absolute atomic E-state index is 11.0. The van der Waals surface area contributed by atoms with Crippen molar-refractivity contribution in [1.82, 2.24) is 0 Å². The van der Waals surface area contributed by atoms with Crippen LogP contribution in [0, 0.1) is 0 Å². The van der Waals surface area contributed by atoms with E-state index >= 15 is 0 Å². The average Bonchev–Trinajstić information content (AvgIpc) is 2.31. The number of hydrogen-bond donors (Lipinski definition) is 4. The molecule has 2 atom stereocenters. The molecule has 0 aromatic heterocycles. The molecule has 94 valence electrons. The first-order chi connectivity index (χ1) is 7.52. The number of hydrogen-bond acceptors (Lipinski definition) is 8. The number of carbonyl (C=O) groups excluding carboxylic acids is 2. The van der Waals surface area contributed by atoms with E-state index in [9.17, 15) is 9.59 Å². The van der Waals surface area contributed by atoms with Crippen LogP contribution in [0.25, 0.3) is 0 Å². The van der Waals surface area contributed by atoms with Crippen LogP contribution in [0.5, 0.6) is 0 Å². The van der Waals surface area contributed by atoms with Crippen molar-refractivity contribution in [1.29, 1.82) is 0 Å². The summed E-state index contributed by atoms with van der Waals surface area (Å²) in [5.41, 5.74) is 10.7. The first-order valence-corrected chi connectivity index (χ1v) is 5.85. The minimum Gasteiger partial charge on any atom is -0.461 e. The van der Waals surface area contributed by atoms with Crippen molar-refractivity contribution in [3.8, 4) is 0 Å². The van der Waals surface area contributed by atoms with Crippen molar-refractivity contribution in [2.45, 2.75) is 12.1 Å². The zero-order chi connectivity index (χ0) is 12.6. The Morgan fingerprint density at radius 3 is 1.50 bits per heavy atom. The Morgan fingerprint density at radius 1 is 0.938 bits per heavy atom. The number of ether oxygens (including phenoxy) is 2. The highest BCUT2D eigenvalue weighted by Gasteiger charge is 2.15. The van der Waals surface area contributed by atoms with E-state index in [0.29, 0.717) is 0 Å². The van der Waals surface area contributed by atoms with E-state index in [1.165, 1.54) is 0 Å². The Labute approximate surface area is 105 Å². The van der Waals surface area contributed by atoms with E-state index in [1.54, 1.807) is 0 Å². The summed E-state index contributed by atoms with van der Waals surface area (Å²) in [7, 11) is 0. The fourth-order valence-corrected chi connectivity index (χ4v) is 0.946. The van der Waals surface area contributed by atoms with Gasteiger partial charge in [-0.15, -0.1) is 0 Å². The molecule has 0 aliphatic carbocycles. The molecule has 8 heteroatoms. The lowest BCUT2D eigenvalue weighted by Crippen LogP contribution is -2.36. The van der Waals surface area contributed by atoms with Gasteiger partial charge < -0.3 is 20.9 Å². The summed E-state index contributed by atoms with van der Waals surface area (Å²) in [6, 6.07) is -1.53. The van der Waals surface area contributed by atoms with Crippen LogP contribution in [0.2, 0.25) is 0 Å². The number of esters is 2. The van der Waals surface area contributed by atoms with Crippen molar-refractivity contribution >= 4 is 37.2 Å². The molecule has 0 unspecified atom stereocenters. The van der Waals surface area contributed by atoms with Crippen LogP contribution in [0.3, 0.4) is 0 Å². The highest BCUT2D eigenvalue weighted by Crippen LogP contribution is 1.91. The van der Waals surface area contributed by atoms with Gasteiger partial charge in [-0.05, 0) is 0 Å². The third kappa shape index (κ3) is 6.21. The predicted octanol–water partition coefficient (Wildman–Crippen LogP) is -1.41. The quantitative estimate of drug-likeness (QED) is 0.257. The second kappa shape index (κ2) is 8.68. The van der Waals surface area contributed by atoms with Gasteiger partial charge in [-0.25, -0.2) is 0 Å². The second-order valence-corrected chi connectivity index (χ2v) is 3.64. The van der Waals surface area contributed by atoms with Gasteiger partial charge in [-0.3, -0.25) is 9.59 Å². The third-order valence-corrected chi connectivity index (χ3v) is 2.36. The number of nitrogens with two attached hydrogens (primary N) is 2. The zero-order valence-electron chi connectivity index (χ0n) is 8.67. The molecule has 0 aliphatic rings. The first kappa shape index (κ1) is 15.6. The van der Waals surface area contributed by atoms with E-state index in [2.05, 4.69) is 25.3 Å². The van der Waals surface area contributed by atoms with E-state index in [1.807, 2.05) is 0 Å². The van der Waals surface area contributed by atoms with Crippen molar-refractivity contribution < 1.29 is 19.1 Å². The molecule has 4 N–H and O–H groups in total. The summed E-state index contributed by atoms with van der Waals surface area (Å²) in [5.74, 6) is -0.763. The summed E-state index contributed by atoms with van der Waals surface area (Å²) in [6.07, 6.45) is 0. The molecular formula is C8H16N2O4S2. The van der Waals surface area contributed by atoms with E-state index in [0.717, 1.165) is 0 Å². The SMILES string of the molecule is N[C@@H](CS)C(=O)OCCOC(=O)[C@@H](N)CS. The van der Waals surface area contributed by atoms with Crippen LogP contribution in [0.1, 0.15) is 0 Å². The van der Waals surface area contributed by atoms with E-state index in [4.69, 9.17) is 20.9 Å². The maximum Gasteiger partial charge on any atom is 0.323 e. The summed E-state index contributed by atoms with van der Waals surface area (Å²) < 4.78 is 9.42. The van der Waals surface area contributed by atoms with Gasteiger partial charge in [-0.2, -0.15) is 25.3 Å². The summed E-state index contributed by atoms with van der Waals surface area (Å²) in [4.78, 5) is 22.1. The topological polar surface area (TPSA) is 105 Å². The molecule has 0 aliphatic heterocycles. The Hall–Kier alpha value is -0.440. The highest BCUT2D eigenvalue weighted by atomic mass is 32.1. The lowest BCUT2D eigenvalue weighted by Gasteiger charge is -2.11. The molecule has 0 saturated carbocycles. The molecule has 0 saturated heterocycles. The van der Waals surface area contributed by atoms with Gasteiger partial charge in [0.2, 0.25) is 0 Å². The molecule has 0 aromatic rings. The molecule has 0 heterocycles. The lowest BCUT2D eigenvalue weighted by molar-refractivity contribution is -0.153. The molecule has 0 amide bonds. The molecule has 0 aromatic carbocycles. The van der Waals surface area contributed by atoms with Gasteiger partial charge in [0.1, 0.15) is 25.3 Å². The van der Waals surface area contributed by atoms with Gasteiger partial charge in [-0.1, -0.05) is 0 Å². The normalized spacial score (nSPS) is 14.0. The summed E-state index contributed by atoms with van der Waals surface area (Å²) in [5, 5.41) is 0. The standard InChI is InChI=1S/C8H16N2O4S2/c9-5(3-15)7(11)13-1-2-14-8(12)6(10)4-16/h5-6,15-16H,1-4,9-10H2/t5-,6-/m0/s1. The van der Waals surface area contributed by atoms with E-state index < -0.39 is 24.0 Å². The van der Waals surface area contributed by atoms with Gasteiger partial charge in [0, 0.05) is 11.5 Å². The fourth-order valence-electron chi connectivity index (χ4n) is 0.648. The van der Waals surface area contributed by atoms with Crippen molar-refractivity contribution in [2.24, 2.45) is 11.5 Å². The van der Waals surface area contributed by atoms with Crippen LogP contribution in [0.15, 0.2) is 0 Å². The average molecular weight is 268 g/mol. The molecular weight excluding hydrogens is 252 g/mol. The Morgan fingerprint density at radius 2 is 1.25 bits per heavy atom. The molecule has 0 radical (unpaired) electrons. The van der Waals surface area contributed by atoms with Crippen molar-refractivity contribution in [3.63, 3.8) is 0 Å². The van der Waals surface area contributed by atoms with E-state index in [-0.39, 0.29) is 24.7 Å². The van der Waals surface area contributed by atoms with Gasteiger partial charge >= 0.3 is 11.9 Å². The number of thiol groups is 2. The van der Waals surface area contributed by atoms with Gasteiger partial charge in [0.05, 0.1) is 0 Å². The Bertz CT molecular complexity index is 216. The maximum atomic E-state index is 11.0. The minimum atomic E-state index is -0.765. The number of carbonyl (C=O) groups is 2. The predicted molar refractivity (Wildman–Crippen MR) is 65.6 cm³/mol. The zero-order valence-corrected chi connectivity index (χ0v) is 10.5. The smallest absolute Gasteiger partial charge is 0.323 e. The lowest BCUT2D eigenvalue weighted by atomic mass is 10.4. The minimum absolute atomic E-state index is 0.0503. The monoisotopic (exact) mass is 268 g/mol. The molecule has 0 spiro atoms. The molecule has 0 rings (SSSR count).